The minimum absolute atomic E-state index is 0.0458. The highest BCUT2D eigenvalue weighted by Gasteiger charge is 2.34. The lowest BCUT2D eigenvalue weighted by molar-refractivity contribution is -0.205. The first-order valence-corrected chi connectivity index (χ1v) is 4.94. The number of carbonyl (C=O) groups excluding carboxylic acids is 3. The van der Waals surface area contributed by atoms with Crippen LogP contribution < -0.4 is 0 Å². The fourth-order valence-electron chi connectivity index (χ4n) is 1.15. The lowest BCUT2D eigenvalue weighted by Crippen LogP contribution is -2.37. The first kappa shape index (κ1) is 13.9. The zero-order valence-electron chi connectivity index (χ0n) is 9.18. The molecule has 10 heteroatoms. The molecular formula is C8H10N4O6. The monoisotopic (exact) mass is 258 g/mol. The Morgan fingerprint density at radius 3 is 2.61 bits per heavy atom. The number of carbonyl (C=O) groups is 3. The Bertz CT molecular complexity index is 388. The fourth-order valence-corrected chi connectivity index (χ4v) is 1.15. The first-order valence-electron chi connectivity index (χ1n) is 4.94. The van der Waals surface area contributed by atoms with Crippen LogP contribution in [0.3, 0.4) is 0 Å². The number of rotatable bonds is 6. The van der Waals surface area contributed by atoms with Gasteiger partial charge in [0, 0.05) is 17.8 Å². The number of ether oxygens (including phenoxy) is 1. The maximum Gasteiger partial charge on any atom is 0.367 e. The van der Waals surface area contributed by atoms with Gasteiger partial charge in [-0.25, -0.2) is 4.79 Å². The van der Waals surface area contributed by atoms with Crippen LogP contribution in [-0.4, -0.2) is 47.4 Å². The zero-order valence-corrected chi connectivity index (χ0v) is 9.18. The Hall–Kier alpha value is -2.16. The first-order chi connectivity index (χ1) is 8.60. The lowest BCUT2D eigenvalue weighted by atomic mass is 10.4. The van der Waals surface area contributed by atoms with Gasteiger partial charge in [0.15, 0.2) is 0 Å². The summed E-state index contributed by atoms with van der Waals surface area (Å²) in [4.78, 5) is 40.6. The number of aliphatic hydroxyl groups is 1. The van der Waals surface area contributed by atoms with E-state index in [1.165, 1.54) is 0 Å². The Labute approximate surface area is 101 Å². The summed E-state index contributed by atoms with van der Waals surface area (Å²) in [6.45, 7) is -0.660. The number of aliphatic hydroxyl groups excluding tert-OH is 1. The van der Waals surface area contributed by atoms with Crippen LogP contribution in [0, 0.1) is 0 Å². The third-order valence-electron chi connectivity index (χ3n) is 1.91. The van der Waals surface area contributed by atoms with E-state index in [1.54, 1.807) is 0 Å². The number of azide groups is 1. The van der Waals surface area contributed by atoms with Crippen LogP contribution in [0.1, 0.15) is 12.8 Å². The fraction of sp³-hybridized carbons (Fsp3) is 0.625. The van der Waals surface area contributed by atoms with E-state index in [2.05, 4.69) is 19.6 Å². The van der Waals surface area contributed by atoms with Crippen molar-refractivity contribution in [1.82, 2.24) is 5.06 Å². The molecule has 1 saturated heterocycles. The number of amides is 2. The van der Waals surface area contributed by atoms with Gasteiger partial charge in [-0.05, 0) is 5.53 Å². The number of hydrogen-bond acceptors (Lipinski definition) is 7. The van der Waals surface area contributed by atoms with Gasteiger partial charge in [0.05, 0.1) is 13.2 Å². The summed E-state index contributed by atoms with van der Waals surface area (Å²) in [6.07, 6.45) is -1.76. The Balaban J connectivity index is 2.63. The van der Waals surface area contributed by atoms with Gasteiger partial charge in [0.2, 0.25) is 6.23 Å². The molecule has 1 atom stereocenters. The molecule has 0 spiro atoms. The molecule has 18 heavy (non-hydrogen) atoms. The number of imide groups is 1. The topological polar surface area (TPSA) is 142 Å². The second kappa shape index (κ2) is 6.55. The summed E-state index contributed by atoms with van der Waals surface area (Å²) in [5, 5.41) is 11.8. The highest BCUT2D eigenvalue weighted by Crippen LogP contribution is 2.13. The Morgan fingerprint density at radius 1 is 1.50 bits per heavy atom. The van der Waals surface area contributed by atoms with Crippen LogP contribution in [0.5, 0.6) is 0 Å². The van der Waals surface area contributed by atoms with E-state index in [9.17, 15) is 14.4 Å². The molecule has 10 nitrogen and oxygen atoms in total. The van der Waals surface area contributed by atoms with E-state index < -0.39 is 30.6 Å². The van der Waals surface area contributed by atoms with Crippen LogP contribution >= 0.6 is 0 Å². The maximum absolute atomic E-state index is 11.4. The van der Waals surface area contributed by atoms with Crippen molar-refractivity contribution in [3.63, 3.8) is 0 Å². The molecule has 0 aliphatic carbocycles. The average Bonchev–Trinajstić information content (AvgIpc) is 2.66. The highest BCUT2D eigenvalue weighted by atomic mass is 16.7. The highest BCUT2D eigenvalue weighted by molar-refractivity contribution is 6.01. The molecule has 1 N–H and O–H groups in total. The van der Waals surface area contributed by atoms with Crippen molar-refractivity contribution in [2.75, 3.05) is 13.2 Å². The standard InChI is InChI=1S/C8H10N4O6/c9-11-10-7(17-4-3-13)8(16)18-12-5(14)1-2-6(12)15/h7,13H,1-4H2. The van der Waals surface area contributed by atoms with Crippen molar-refractivity contribution in [3.8, 4) is 0 Å². The predicted octanol–water partition coefficient (Wildman–Crippen LogP) is -0.761. The molecule has 1 aliphatic heterocycles. The molecule has 0 bridgehead atoms. The van der Waals surface area contributed by atoms with E-state index in [0.717, 1.165) is 0 Å². The van der Waals surface area contributed by atoms with Crippen molar-refractivity contribution in [1.29, 1.82) is 0 Å². The molecular weight excluding hydrogens is 248 g/mol. The van der Waals surface area contributed by atoms with Crippen molar-refractivity contribution in [2.24, 2.45) is 5.11 Å². The minimum Gasteiger partial charge on any atom is -0.394 e. The van der Waals surface area contributed by atoms with Gasteiger partial charge in [0.25, 0.3) is 11.8 Å². The predicted molar refractivity (Wildman–Crippen MR) is 53.2 cm³/mol. The van der Waals surface area contributed by atoms with Gasteiger partial charge < -0.3 is 14.7 Å². The molecule has 0 saturated carbocycles. The zero-order chi connectivity index (χ0) is 13.5. The third-order valence-corrected chi connectivity index (χ3v) is 1.91. The SMILES string of the molecule is [N-]=[N+]=NC(OCCO)C(=O)ON1C(=O)CCC1=O. The number of hydroxylamine groups is 2. The lowest BCUT2D eigenvalue weighted by Gasteiger charge is -2.15. The summed E-state index contributed by atoms with van der Waals surface area (Å²) in [5.74, 6) is -2.52. The van der Waals surface area contributed by atoms with Gasteiger partial charge >= 0.3 is 5.97 Å². The summed E-state index contributed by atoms with van der Waals surface area (Å²) in [6, 6.07) is 0. The van der Waals surface area contributed by atoms with Crippen molar-refractivity contribution in [2.45, 2.75) is 19.1 Å². The summed E-state index contributed by atoms with van der Waals surface area (Å²) < 4.78 is 4.68. The maximum atomic E-state index is 11.4. The van der Waals surface area contributed by atoms with Crippen LogP contribution in [0.4, 0.5) is 0 Å². The Kier molecular flexibility index (Phi) is 5.06. The van der Waals surface area contributed by atoms with Gasteiger partial charge in [-0.2, -0.15) is 0 Å². The molecule has 1 rings (SSSR count). The third kappa shape index (κ3) is 3.42. The van der Waals surface area contributed by atoms with E-state index in [4.69, 9.17) is 10.6 Å². The summed E-state index contributed by atoms with van der Waals surface area (Å²) in [7, 11) is 0. The van der Waals surface area contributed by atoms with E-state index in [-0.39, 0.29) is 19.4 Å². The molecule has 0 radical (unpaired) electrons. The normalized spacial score (nSPS) is 16.4. The molecule has 1 unspecified atom stereocenters. The van der Waals surface area contributed by atoms with Gasteiger partial charge in [-0.15, -0.1) is 5.06 Å². The van der Waals surface area contributed by atoms with Crippen LogP contribution in [-0.2, 0) is 24.0 Å². The molecule has 2 amide bonds. The van der Waals surface area contributed by atoms with Crippen LogP contribution in [0.25, 0.3) is 10.4 Å². The molecule has 0 aromatic rings. The molecule has 1 fully saturated rings. The Morgan fingerprint density at radius 2 is 2.11 bits per heavy atom. The van der Waals surface area contributed by atoms with Gasteiger partial charge in [-0.3, -0.25) is 9.59 Å². The largest absolute Gasteiger partial charge is 0.394 e. The van der Waals surface area contributed by atoms with Crippen LogP contribution in [0.15, 0.2) is 5.11 Å². The number of nitrogens with zero attached hydrogens (tertiary/aromatic N) is 4. The van der Waals surface area contributed by atoms with Gasteiger partial charge in [-0.1, -0.05) is 5.11 Å². The number of hydrogen-bond donors (Lipinski definition) is 1. The smallest absolute Gasteiger partial charge is 0.367 e. The second-order valence-corrected chi connectivity index (χ2v) is 3.14. The van der Waals surface area contributed by atoms with Crippen LogP contribution in [0.2, 0.25) is 0 Å². The summed E-state index contributed by atoms with van der Waals surface area (Å²) >= 11 is 0. The molecule has 0 aromatic carbocycles. The van der Waals surface area contributed by atoms with Gasteiger partial charge in [0.1, 0.15) is 0 Å². The van der Waals surface area contributed by atoms with E-state index >= 15 is 0 Å². The van der Waals surface area contributed by atoms with Crippen molar-refractivity contribution >= 4 is 17.8 Å². The van der Waals surface area contributed by atoms with Crippen molar-refractivity contribution in [3.05, 3.63) is 10.4 Å². The van der Waals surface area contributed by atoms with E-state index in [0.29, 0.717) is 5.06 Å². The van der Waals surface area contributed by atoms with Crippen molar-refractivity contribution < 1.29 is 29.1 Å². The molecule has 1 heterocycles. The van der Waals surface area contributed by atoms with E-state index in [1.807, 2.05) is 0 Å². The molecule has 1 aliphatic rings. The second-order valence-electron chi connectivity index (χ2n) is 3.14. The summed E-state index contributed by atoms with van der Waals surface area (Å²) in [5.41, 5.74) is 8.21. The minimum atomic E-state index is -1.66. The quantitative estimate of drug-likeness (QED) is 0.287. The molecule has 98 valence electrons. The average molecular weight is 258 g/mol. The molecule has 0 aromatic heterocycles.